The van der Waals surface area contributed by atoms with E-state index in [1.807, 2.05) is 6.07 Å². The summed E-state index contributed by atoms with van der Waals surface area (Å²) in [4.78, 5) is 15.4. The number of imidazole rings is 1. The summed E-state index contributed by atoms with van der Waals surface area (Å²) in [5.74, 6) is 0.686. The number of benzene rings is 1. The van der Waals surface area contributed by atoms with Crippen molar-refractivity contribution in [3.63, 3.8) is 0 Å². The second kappa shape index (κ2) is 5.46. The van der Waals surface area contributed by atoms with Gasteiger partial charge >= 0.3 is 0 Å². The highest BCUT2D eigenvalue weighted by Crippen LogP contribution is 2.18. The van der Waals surface area contributed by atoms with Crippen molar-refractivity contribution in [1.29, 1.82) is 0 Å². The van der Waals surface area contributed by atoms with Gasteiger partial charge in [0, 0.05) is 6.54 Å². The Morgan fingerprint density at radius 2 is 2.10 bits per heavy atom. The molecule has 0 fully saturated rings. The second-order valence-corrected chi connectivity index (χ2v) is 4.88. The maximum atomic E-state index is 5.89. The van der Waals surface area contributed by atoms with Gasteiger partial charge in [-0.2, -0.15) is 9.97 Å². The summed E-state index contributed by atoms with van der Waals surface area (Å²) in [6.07, 6.45) is 2.51. The Hall–Kier alpha value is -2.14. The maximum Gasteiger partial charge on any atom is 0.226 e. The number of halogens is 1. The summed E-state index contributed by atoms with van der Waals surface area (Å²) >= 11 is 5.89. The third kappa shape index (κ3) is 2.58. The van der Waals surface area contributed by atoms with E-state index in [-0.39, 0.29) is 5.28 Å². The van der Waals surface area contributed by atoms with Crippen LogP contribution in [0.25, 0.3) is 11.2 Å². The summed E-state index contributed by atoms with van der Waals surface area (Å²) in [5, 5.41) is 3.48. The minimum atomic E-state index is 0.197. The molecular weight excluding hydrogens is 274 g/mol. The smallest absolute Gasteiger partial charge is 0.226 e. The molecule has 0 saturated heterocycles. The van der Waals surface area contributed by atoms with Crippen molar-refractivity contribution in [2.24, 2.45) is 0 Å². The molecule has 0 radical (unpaired) electrons. The van der Waals surface area contributed by atoms with E-state index >= 15 is 0 Å². The van der Waals surface area contributed by atoms with Crippen LogP contribution in [-0.2, 0) is 6.42 Å². The summed E-state index contributed by atoms with van der Waals surface area (Å²) in [6, 6.07) is 8.35. The SMILES string of the molecule is Cc1ccccc1CCNc1nc(Cl)nc2nc[nH]c12. The Morgan fingerprint density at radius 1 is 1.25 bits per heavy atom. The third-order valence-corrected chi connectivity index (χ3v) is 3.38. The lowest BCUT2D eigenvalue weighted by Crippen LogP contribution is -2.08. The molecule has 0 amide bonds. The van der Waals surface area contributed by atoms with Crippen LogP contribution in [-0.4, -0.2) is 26.5 Å². The van der Waals surface area contributed by atoms with E-state index < -0.39 is 0 Å². The van der Waals surface area contributed by atoms with Gasteiger partial charge in [-0.3, -0.25) is 0 Å². The quantitative estimate of drug-likeness (QED) is 0.724. The Morgan fingerprint density at radius 3 is 2.95 bits per heavy atom. The molecule has 2 heterocycles. The molecule has 5 nitrogen and oxygen atoms in total. The topological polar surface area (TPSA) is 66.5 Å². The number of rotatable bonds is 4. The highest BCUT2D eigenvalue weighted by atomic mass is 35.5. The van der Waals surface area contributed by atoms with Gasteiger partial charge < -0.3 is 10.3 Å². The van der Waals surface area contributed by atoms with E-state index in [0.717, 1.165) is 18.5 Å². The molecule has 2 N–H and O–H groups in total. The normalized spacial score (nSPS) is 10.9. The number of aromatic nitrogens is 4. The predicted molar refractivity (Wildman–Crippen MR) is 80.1 cm³/mol. The number of H-pyrrole nitrogens is 1. The van der Waals surface area contributed by atoms with Gasteiger partial charge in [-0.05, 0) is 36.1 Å². The fourth-order valence-electron chi connectivity index (χ4n) is 2.14. The van der Waals surface area contributed by atoms with Crippen molar-refractivity contribution in [3.8, 4) is 0 Å². The fourth-order valence-corrected chi connectivity index (χ4v) is 2.31. The number of fused-ring (bicyclic) bond motifs is 1. The van der Waals surface area contributed by atoms with Crippen molar-refractivity contribution >= 4 is 28.6 Å². The Balaban J connectivity index is 1.74. The van der Waals surface area contributed by atoms with Crippen molar-refractivity contribution in [1.82, 2.24) is 19.9 Å². The van der Waals surface area contributed by atoms with E-state index in [1.54, 1.807) is 6.33 Å². The zero-order valence-corrected chi connectivity index (χ0v) is 11.8. The lowest BCUT2D eigenvalue weighted by atomic mass is 10.1. The number of hydrogen-bond acceptors (Lipinski definition) is 4. The maximum absolute atomic E-state index is 5.89. The van der Waals surface area contributed by atoms with Crippen LogP contribution in [0, 0.1) is 6.92 Å². The number of hydrogen-bond donors (Lipinski definition) is 2. The van der Waals surface area contributed by atoms with Crippen molar-refractivity contribution in [2.45, 2.75) is 13.3 Å². The lowest BCUT2D eigenvalue weighted by molar-refractivity contribution is 0.992. The van der Waals surface area contributed by atoms with Crippen LogP contribution < -0.4 is 5.32 Å². The van der Waals surface area contributed by atoms with Gasteiger partial charge in [-0.15, -0.1) is 0 Å². The second-order valence-electron chi connectivity index (χ2n) is 4.55. The average Bonchev–Trinajstić information content (AvgIpc) is 2.89. The molecule has 6 heteroatoms. The minimum absolute atomic E-state index is 0.197. The number of aryl methyl sites for hydroxylation is 1. The van der Waals surface area contributed by atoms with Gasteiger partial charge in [-0.1, -0.05) is 24.3 Å². The molecular formula is C14H14ClN5. The first-order valence-electron chi connectivity index (χ1n) is 6.39. The van der Waals surface area contributed by atoms with E-state index in [1.165, 1.54) is 11.1 Å². The van der Waals surface area contributed by atoms with Crippen LogP contribution >= 0.6 is 11.6 Å². The van der Waals surface area contributed by atoms with Crippen molar-refractivity contribution < 1.29 is 0 Å². The first kappa shape index (κ1) is 12.9. The molecule has 0 saturated carbocycles. The lowest BCUT2D eigenvalue weighted by Gasteiger charge is -2.08. The summed E-state index contributed by atoms with van der Waals surface area (Å²) in [6.45, 7) is 2.89. The van der Waals surface area contributed by atoms with Crippen molar-refractivity contribution in [3.05, 3.63) is 47.0 Å². The Bertz CT molecular complexity index is 737. The molecule has 0 bridgehead atoms. The van der Waals surface area contributed by atoms with E-state index in [9.17, 15) is 0 Å². The zero-order chi connectivity index (χ0) is 13.9. The Labute approximate surface area is 121 Å². The van der Waals surface area contributed by atoms with Crippen LogP contribution in [0.5, 0.6) is 0 Å². The van der Waals surface area contributed by atoms with Crippen LogP contribution in [0.2, 0.25) is 5.28 Å². The molecule has 0 atom stereocenters. The van der Waals surface area contributed by atoms with Gasteiger partial charge in [-0.25, -0.2) is 4.98 Å². The summed E-state index contributed by atoms with van der Waals surface area (Å²) in [5.41, 5.74) is 3.96. The predicted octanol–water partition coefficient (Wildman–Crippen LogP) is 2.97. The van der Waals surface area contributed by atoms with Gasteiger partial charge in [0.05, 0.1) is 6.33 Å². The van der Waals surface area contributed by atoms with Crippen LogP contribution in [0.3, 0.4) is 0 Å². The molecule has 2 aromatic heterocycles. The number of nitrogens with zero attached hydrogens (tertiary/aromatic N) is 3. The van der Waals surface area contributed by atoms with Crippen molar-refractivity contribution in [2.75, 3.05) is 11.9 Å². The first-order valence-corrected chi connectivity index (χ1v) is 6.77. The van der Waals surface area contributed by atoms with Crippen LogP contribution in [0.15, 0.2) is 30.6 Å². The molecule has 3 aromatic rings. The molecule has 0 aliphatic heterocycles. The molecule has 102 valence electrons. The molecule has 0 aliphatic rings. The third-order valence-electron chi connectivity index (χ3n) is 3.21. The zero-order valence-electron chi connectivity index (χ0n) is 11.0. The molecule has 1 aromatic carbocycles. The van der Waals surface area contributed by atoms with E-state index in [2.05, 4.69) is 50.4 Å². The Kier molecular flexibility index (Phi) is 3.52. The van der Waals surface area contributed by atoms with Crippen LogP contribution in [0.1, 0.15) is 11.1 Å². The highest BCUT2D eigenvalue weighted by Gasteiger charge is 2.08. The molecule has 20 heavy (non-hydrogen) atoms. The summed E-state index contributed by atoms with van der Waals surface area (Å²) in [7, 11) is 0. The molecule has 0 aliphatic carbocycles. The molecule has 0 unspecified atom stereocenters. The largest absolute Gasteiger partial charge is 0.368 e. The molecule has 0 spiro atoms. The highest BCUT2D eigenvalue weighted by molar-refractivity contribution is 6.28. The van der Waals surface area contributed by atoms with Crippen LogP contribution in [0.4, 0.5) is 5.82 Å². The monoisotopic (exact) mass is 287 g/mol. The van der Waals surface area contributed by atoms with Gasteiger partial charge in [0.15, 0.2) is 11.5 Å². The number of aromatic amines is 1. The van der Waals surface area contributed by atoms with Gasteiger partial charge in [0.25, 0.3) is 0 Å². The molecule has 3 rings (SSSR count). The minimum Gasteiger partial charge on any atom is -0.368 e. The fraction of sp³-hybridized carbons (Fsp3) is 0.214. The van der Waals surface area contributed by atoms with E-state index in [4.69, 9.17) is 11.6 Å². The van der Waals surface area contributed by atoms with E-state index in [0.29, 0.717) is 11.5 Å². The first-order chi connectivity index (χ1) is 9.74. The standard InChI is InChI=1S/C14H14ClN5/c1-9-4-2-3-5-10(9)6-7-16-12-11-13(18-8-17-11)20-14(15)19-12/h2-5,8H,6-7H2,1H3,(H2,16,17,18,19,20). The number of nitrogens with one attached hydrogen (secondary N) is 2. The summed E-state index contributed by atoms with van der Waals surface area (Å²) < 4.78 is 0. The number of anilines is 1. The van der Waals surface area contributed by atoms with Gasteiger partial charge in [0.1, 0.15) is 5.52 Å². The average molecular weight is 288 g/mol. The van der Waals surface area contributed by atoms with Gasteiger partial charge in [0.2, 0.25) is 5.28 Å².